The highest BCUT2D eigenvalue weighted by atomic mass is 35.5. The fourth-order valence-corrected chi connectivity index (χ4v) is 1.44. The maximum Gasteiger partial charge on any atom is 0.180 e. The Balaban J connectivity index is 3.23. The molecule has 0 aliphatic carbocycles. The van der Waals surface area contributed by atoms with E-state index < -0.39 is 0 Å². The summed E-state index contributed by atoms with van der Waals surface area (Å²) in [5.74, 6) is 0.939. The van der Waals surface area contributed by atoms with Crippen molar-refractivity contribution >= 4 is 11.6 Å². The first-order chi connectivity index (χ1) is 7.37. The molecule has 0 amide bonds. The molecule has 0 spiro atoms. The highest BCUT2D eigenvalue weighted by molar-refractivity contribution is 6.32. The number of rotatable bonds is 2. The smallest absolute Gasteiger partial charge is 0.180 e. The number of methoxy groups -OCH3 is 1. The standard InChI is InChI=1S/C12H14ClNO2/c1-12(2,3)16-11-9(13)5-8(7-14)6-10(11)15-4/h5-6H,1-4H3. The monoisotopic (exact) mass is 239 g/mol. The van der Waals surface area contributed by atoms with E-state index in [9.17, 15) is 0 Å². The van der Waals surface area contributed by atoms with Crippen LogP contribution < -0.4 is 9.47 Å². The van der Waals surface area contributed by atoms with Gasteiger partial charge >= 0.3 is 0 Å². The largest absolute Gasteiger partial charge is 0.493 e. The molecule has 0 radical (unpaired) electrons. The average molecular weight is 240 g/mol. The van der Waals surface area contributed by atoms with Crippen LogP contribution in [0.2, 0.25) is 5.02 Å². The van der Waals surface area contributed by atoms with Crippen LogP contribution in [0.4, 0.5) is 0 Å². The van der Waals surface area contributed by atoms with Crippen LogP contribution in [0, 0.1) is 11.3 Å². The van der Waals surface area contributed by atoms with Gasteiger partial charge in [0.05, 0.1) is 23.8 Å². The van der Waals surface area contributed by atoms with Gasteiger partial charge in [-0.05, 0) is 26.8 Å². The summed E-state index contributed by atoms with van der Waals surface area (Å²) >= 11 is 6.04. The van der Waals surface area contributed by atoms with E-state index in [-0.39, 0.29) is 5.60 Å². The molecule has 0 N–H and O–H groups in total. The zero-order chi connectivity index (χ0) is 12.3. The van der Waals surface area contributed by atoms with E-state index in [2.05, 4.69) is 0 Å². The van der Waals surface area contributed by atoms with Crippen molar-refractivity contribution in [3.05, 3.63) is 22.7 Å². The lowest BCUT2D eigenvalue weighted by molar-refractivity contribution is 0.125. The van der Waals surface area contributed by atoms with Crippen LogP contribution in [0.5, 0.6) is 11.5 Å². The molecule has 0 unspecified atom stereocenters. The normalized spacial score (nSPS) is 10.8. The molecular formula is C12H14ClNO2. The van der Waals surface area contributed by atoms with Gasteiger partial charge in [0.1, 0.15) is 5.60 Å². The van der Waals surface area contributed by atoms with Crippen molar-refractivity contribution in [2.24, 2.45) is 0 Å². The first-order valence-electron chi connectivity index (χ1n) is 4.84. The first-order valence-corrected chi connectivity index (χ1v) is 5.22. The van der Waals surface area contributed by atoms with Crippen LogP contribution in [0.1, 0.15) is 26.3 Å². The molecule has 1 rings (SSSR count). The fourth-order valence-electron chi connectivity index (χ4n) is 1.19. The Bertz CT molecular complexity index is 430. The summed E-state index contributed by atoms with van der Waals surface area (Å²) < 4.78 is 10.8. The second-order valence-corrected chi connectivity index (χ2v) is 4.72. The number of hydrogen-bond acceptors (Lipinski definition) is 3. The first kappa shape index (κ1) is 12.7. The summed E-state index contributed by atoms with van der Waals surface area (Å²) in [6, 6.07) is 5.18. The van der Waals surface area contributed by atoms with Crippen molar-refractivity contribution in [1.29, 1.82) is 5.26 Å². The third kappa shape index (κ3) is 3.04. The average Bonchev–Trinajstić information content (AvgIpc) is 2.19. The van der Waals surface area contributed by atoms with Crippen molar-refractivity contribution in [2.45, 2.75) is 26.4 Å². The van der Waals surface area contributed by atoms with Gasteiger partial charge in [0.25, 0.3) is 0 Å². The van der Waals surface area contributed by atoms with Crippen LogP contribution in [-0.4, -0.2) is 12.7 Å². The molecule has 3 nitrogen and oxygen atoms in total. The third-order valence-corrected chi connectivity index (χ3v) is 2.05. The van der Waals surface area contributed by atoms with Crippen molar-refractivity contribution < 1.29 is 9.47 Å². The Morgan fingerprint density at radius 3 is 2.38 bits per heavy atom. The molecule has 0 aromatic heterocycles. The molecule has 0 aliphatic heterocycles. The maximum atomic E-state index is 8.80. The molecule has 86 valence electrons. The van der Waals surface area contributed by atoms with Gasteiger partial charge in [0.2, 0.25) is 0 Å². The molecule has 0 atom stereocenters. The summed E-state index contributed by atoms with van der Waals surface area (Å²) in [6.45, 7) is 5.75. The van der Waals surface area contributed by atoms with Gasteiger partial charge in [0, 0.05) is 6.07 Å². The molecule has 0 fully saturated rings. The summed E-state index contributed by atoms with van der Waals surface area (Å²) in [5, 5.41) is 9.18. The van der Waals surface area contributed by atoms with E-state index in [1.54, 1.807) is 12.1 Å². The number of nitriles is 1. The molecule has 0 bridgehead atoms. The quantitative estimate of drug-likeness (QED) is 0.794. The zero-order valence-corrected chi connectivity index (χ0v) is 10.6. The van der Waals surface area contributed by atoms with Gasteiger partial charge < -0.3 is 9.47 Å². The van der Waals surface area contributed by atoms with E-state index in [0.29, 0.717) is 22.1 Å². The van der Waals surface area contributed by atoms with E-state index in [1.165, 1.54) is 7.11 Å². The van der Waals surface area contributed by atoms with Gasteiger partial charge in [-0.3, -0.25) is 0 Å². The Labute approximate surface area is 101 Å². The second kappa shape index (κ2) is 4.63. The number of hydrogen-bond donors (Lipinski definition) is 0. The van der Waals surface area contributed by atoms with Crippen LogP contribution in [0.25, 0.3) is 0 Å². The minimum absolute atomic E-state index is 0.370. The Hall–Kier alpha value is -1.40. The highest BCUT2D eigenvalue weighted by Crippen LogP contribution is 2.38. The van der Waals surface area contributed by atoms with Gasteiger partial charge in [-0.15, -0.1) is 0 Å². The molecular weight excluding hydrogens is 226 g/mol. The number of nitrogens with zero attached hydrogens (tertiary/aromatic N) is 1. The number of benzene rings is 1. The van der Waals surface area contributed by atoms with E-state index in [0.717, 1.165) is 0 Å². The minimum atomic E-state index is -0.370. The zero-order valence-electron chi connectivity index (χ0n) is 9.80. The molecule has 0 saturated carbocycles. The van der Waals surface area contributed by atoms with E-state index >= 15 is 0 Å². The molecule has 4 heteroatoms. The number of ether oxygens (including phenoxy) is 2. The van der Waals surface area contributed by atoms with Crippen molar-refractivity contribution in [1.82, 2.24) is 0 Å². The molecule has 0 aliphatic rings. The Morgan fingerprint density at radius 1 is 1.31 bits per heavy atom. The van der Waals surface area contributed by atoms with Gasteiger partial charge in [-0.25, -0.2) is 0 Å². The molecule has 1 aromatic carbocycles. The lowest BCUT2D eigenvalue weighted by atomic mass is 10.1. The summed E-state index contributed by atoms with van der Waals surface area (Å²) in [6.07, 6.45) is 0. The van der Waals surface area contributed by atoms with Crippen molar-refractivity contribution in [2.75, 3.05) is 7.11 Å². The van der Waals surface area contributed by atoms with Crippen LogP contribution in [-0.2, 0) is 0 Å². The predicted molar refractivity (Wildman–Crippen MR) is 63.1 cm³/mol. The van der Waals surface area contributed by atoms with E-state index in [1.807, 2.05) is 26.8 Å². The summed E-state index contributed by atoms with van der Waals surface area (Å²) in [4.78, 5) is 0. The van der Waals surface area contributed by atoms with Crippen LogP contribution in [0.3, 0.4) is 0 Å². The van der Waals surface area contributed by atoms with E-state index in [4.69, 9.17) is 26.3 Å². The topological polar surface area (TPSA) is 42.2 Å². The maximum absolute atomic E-state index is 8.80. The number of halogens is 1. The second-order valence-electron chi connectivity index (χ2n) is 4.32. The highest BCUT2D eigenvalue weighted by Gasteiger charge is 2.19. The molecule has 16 heavy (non-hydrogen) atoms. The Morgan fingerprint density at radius 2 is 1.94 bits per heavy atom. The van der Waals surface area contributed by atoms with Crippen LogP contribution in [0.15, 0.2) is 12.1 Å². The summed E-state index contributed by atoms with van der Waals surface area (Å²) in [7, 11) is 1.52. The minimum Gasteiger partial charge on any atom is -0.493 e. The van der Waals surface area contributed by atoms with Crippen molar-refractivity contribution in [3.8, 4) is 17.6 Å². The Kier molecular flexibility index (Phi) is 3.66. The lowest BCUT2D eigenvalue weighted by Crippen LogP contribution is -2.23. The van der Waals surface area contributed by atoms with Crippen LogP contribution >= 0.6 is 11.6 Å². The predicted octanol–water partition coefficient (Wildman–Crippen LogP) is 3.40. The molecule has 0 heterocycles. The van der Waals surface area contributed by atoms with Gasteiger partial charge in [0.15, 0.2) is 11.5 Å². The SMILES string of the molecule is COc1cc(C#N)cc(Cl)c1OC(C)(C)C. The fraction of sp³-hybridized carbons (Fsp3) is 0.417. The molecule has 0 saturated heterocycles. The van der Waals surface area contributed by atoms with Gasteiger partial charge in [-0.2, -0.15) is 5.26 Å². The summed E-state index contributed by atoms with van der Waals surface area (Å²) in [5.41, 5.74) is 0.0774. The molecule has 1 aromatic rings. The lowest BCUT2D eigenvalue weighted by Gasteiger charge is -2.23. The van der Waals surface area contributed by atoms with Gasteiger partial charge in [-0.1, -0.05) is 11.6 Å². The van der Waals surface area contributed by atoms with Crippen molar-refractivity contribution in [3.63, 3.8) is 0 Å². The third-order valence-electron chi connectivity index (χ3n) is 1.77.